The van der Waals surface area contributed by atoms with Crippen molar-refractivity contribution in [3.63, 3.8) is 0 Å². The monoisotopic (exact) mass is 287 g/mol. The molecule has 0 aliphatic carbocycles. The normalized spacial score (nSPS) is 14.2. The molecule has 1 N–H and O–H groups in total. The van der Waals surface area contributed by atoms with Gasteiger partial charge in [0.2, 0.25) is 10.0 Å². The highest BCUT2D eigenvalue weighted by atomic mass is 79.9. The van der Waals surface area contributed by atoms with Gasteiger partial charge in [-0.15, -0.1) is 0 Å². The molecule has 1 unspecified atom stereocenters. The first-order chi connectivity index (χ1) is 6.52. The van der Waals surface area contributed by atoms with Crippen molar-refractivity contribution in [2.45, 2.75) is 13.8 Å². The lowest BCUT2D eigenvalue weighted by Gasteiger charge is -2.09. The van der Waals surface area contributed by atoms with Crippen molar-refractivity contribution in [1.82, 2.24) is 4.72 Å². The fourth-order valence-electron chi connectivity index (χ4n) is 0.709. The fraction of sp³-hybridized carbons (Fsp3) is 1.00. The van der Waals surface area contributed by atoms with E-state index in [1.807, 2.05) is 13.8 Å². The second-order valence-corrected chi connectivity index (χ2v) is 5.70. The van der Waals surface area contributed by atoms with Crippen molar-refractivity contribution >= 4 is 26.0 Å². The van der Waals surface area contributed by atoms with E-state index in [1.54, 1.807) is 0 Å². The maximum Gasteiger partial charge on any atom is 0.213 e. The summed E-state index contributed by atoms with van der Waals surface area (Å²) < 4.78 is 30.1. The Bertz CT molecular complexity index is 231. The summed E-state index contributed by atoms with van der Waals surface area (Å²) in [6.45, 7) is 5.09. The van der Waals surface area contributed by atoms with Crippen LogP contribution < -0.4 is 4.72 Å². The Morgan fingerprint density at radius 1 is 1.50 bits per heavy atom. The van der Waals surface area contributed by atoms with Gasteiger partial charge in [-0.05, 0) is 12.8 Å². The van der Waals surface area contributed by atoms with Crippen LogP contribution in [0.1, 0.15) is 13.8 Å². The minimum Gasteiger partial charge on any atom is -0.381 e. The quantitative estimate of drug-likeness (QED) is 0.535. The smallest absolute Gasteiger partial charge is 0.213 e. The van der Waals surface area contributed by atoms with E-state index in [0.29, 0.717) is 19.1 Å². The van der Waals surface area contributed by atoms with Crippen molar-refractivity contribution in [2.24, 2.45) is 5.92 Å². The first-order valence-electron chi connectivity index (χ1n) is 4.63. The van der Waals surface area contributed by atoms with Crippen LogP contribution in [0, 0.1) is 5.92 Å². The molecule has 0 saturated heterocycles. The Balaban J connectivity index is 3.73. The van der Waals surface area contributed by atoms with E-state index in [9.17, 15) is 8.42 Å². The second kappa shape index (κ2) is 7.62. The summed E-state index contributed by atoms with van der Waals surface area (Å²) in [4.78, 5) is 0. The molecule has 0 aromatic rings. The third kappa shape index (κ3) is 7.73. The van der Waals surface area contributed by atoms with Crippen LogP contribution in [0.25, 0.3) is 0 Å². The molecular weight excluding hydrogens is 270 g/mol. The number of hydrogen-bond donors (Lipinski definition) is 1. The molecule has 0 spiro atoms. The minimum atomic E-state index is -3.15. The molecule has 0 aliphatic rings. The molecule has 0 aromatic carbocycles. The van der Waals surface area contributed by atoms with Gasteiger partial charge in [-0.25, -0.2) is 13.1 Å². The van der Waals surface area contributed by atoms with Gasteiger partial charge in [0, 0.05) is 18.5 Å². The highest BCUT2D eigenvalue weighted by molar-refractivity contribution is 9.09. The Morgan fingerprint density at radius 2 is 2.14 bits per heavy atom. The van der Waals surface area contributed by atoms with Gasteiger partial charge in [-0.1, -0.05) is 22.9 Å². The molecule has 0 fully saturated rings. The Labute approximate surface area is 94.6 Å². The van der Waals surface area contributed by atoms with Gasteiger partial charge in [-0.2, -0.15) is 0 Å². The minimum absolute atomic E-state index is 0.0375. The van der Waals surface area contributed by atoms with Crippen LogP contribution in [0.2, 0.25) is 0 Å². The lowest BCUT2D eigenvalue weighted by molar-refractivity contribution is 0.163. The molecule has 6 heteroatoms. The molecule has 0 aromatic heterocycles. The average molecular weight is 288 g/mol. The highest BCUT2D eigenvalue weighted by Crippen LogP contribution is 1.98. The molecule has 86 valence electrons. The van der Waals surface area contributed by atoms with E-state index in [0.717, 1.165) is 5.33 Å². The van der Waals surface area contributed by atoms with E-state index >= 15 is 0 Å². The van der Waals surface area contributed by atoms with Gasteiger partial charge >= 0.3 is 0 Å². The summed E-state index contributed by atoms with van der Waals surface area (Å²) in [7, 11) is -3.15. The van der Waals surface area contributed by atoms with Crippen molar-refractivity contribution in [3.8, 4) is 0 Å². The number of alkyl halides is 1. The zero-order chi connectivity index (χ0) is 11.0. The van der Waals surface area contributed by atoms with Gasteiger partial charge in [0.1, 0.15) is 0 Å². The number of sulfonamides is 1. The molecular formula is C8H18BrNO3S. The van der Waals surface area contributed by atoms with Crippen molar-refractivity contribution in [1.29, 1.82) is 0 Å². The topological polar surface area (TPSA) is 55.4 Å². The van der Waals surface area contributed by atoms with E-state index in [1.165, 1.54) is 0 Å². The average Bonchev–Trinajstić information content (AvgIpc) is 2.14. The standard InChI is InChI=1S/C8H18BrNO3S/c1-3-13-4-5-14(11,12)10-7-8(2)6-9/h8,10H,3-7H2,1-2H3. The summed E-state index contributed by atoms with van der Waals surface area (Å²) in [5, 5.41) is 0.793. The number of hydrogen-bond acceptors (Lipinski definition) is 3. The van der Waals surface area contributed by atoms with Gasteiger partial charge in [0.25, 0.3) is 0 Å². The fourth-order valence-corrected chi connectivity index (χ4v) is 1.96. The maximum atomic E-state index is 11.3. The molecule has 0 heterocycles. The van der Waals surface area contributed by atoms with E-state index in [-0.39, 0.29) is 12.4 Å². The Hall–Kier alpha value is 0.350. The first kappa shape index (κ1) is 14.3. The molecule has 1 atom stereocenters. The lowest BCUT2D eigenvalue weighted by Crippen LogP contribution is -2.32. The third-order valence-corrected chi connectivity index (χ3v) is 4.03. The predicted molar refractivity (Wildman–Crippen MR) is 61.2 cm³/mol. The summed E-state index contributed by atoms with van der Waals surface area (Å²) in [6.07, 6.45) is 0. The van der Waals surface area contributed by atoms with Crippen LogP contribution in [0.5, 0.6) is 0 Å². The van der Waals surface area contributed by atoms with Crippen LogP contribution in [-0.4, -0.2) is 39.3 Å². The summed E-state index contributed by atoms with van der Waals surface area (Å²) in [6, 6.07) is 0. The zero-order valence-electron chi connectivity index (χ0n) is 8.62. The molecule has 0 rings (SSSR count). The maximum absolute atomic E-state index is 11.3. The predicted octanol–water partition coefficient (Wildman–Crippen LogP) is 0.973. The summed E-state index contributed by atoms with van der Waals surface area (Å²) in [5.74, 6) is 0.340. The number of halogens is 1. The van der Waals surface area contributed by atoms with Crippen molar-refractivity contribution < 1.29 is 13.2 Å². The van der Waals surface area contributed by atoms with Crippen molar-refractivity contribution in [2.75, 3.05) is 30.8 Å². The second-order valence-electron chi connectivity index (χ2n) is 3.12. The van der Waals surface area contributed by atoms with Crippen LogP contribution in [0.4, 0.5) is 0 Å². The van der Waals surface area contributed by atoms with E-state index < -0.39 is 10.0 Å². The van der Waals surface area contributed by atoms with Crippen LogP contribution in [0.15, 0.2) is 0 Å². The number of ether oxygens (including phenoxy) is 1. The summed E-state index contributed by atoms with van der Waals surface area (Å²) >= 11 is 3.29. The highest BCUT2D eigenvalue weighted by Gasteiger charge is 2.10. The zero-order valence-corrected chi connectivity index (χ0v) is 11.0. The van der Waals surface area contributed by atoms with Crippen LogP contribution in [-0.2, 0) is 14.8 Å². The Morgan fingerprint density at radius 3 is 2.64 bits per heavy atom. The Kier molecular flexibility index (Phi) is 7.81. The molecule has 0 bridgehead atoms. The summed E-state index contributed by atoms with van der Waals surface area (Å²) in [5.41, 5.74) is 0. The number of rotatable bonds is 8. The van der Waals surface area contributed by atoms with Gasteiger partial charge < -0.3 is 4.74 Å². The molecule has 14 heavy (non-hydrogen) atoms. The molecule has 0 saturated carbocycles. The molecule has 0 radical (unpaired) electrons. The largest absolute Gasteiger partial charge is 0.381 e. The van der Waals surface area contributed by atoms with Crippen molar-refractivity contribution in [3.05, 3.63) is 0 Å². The SMILES string of the molecule is CCOCCS(=O)(=O)NCC(C)CBr. The van der Waals surface area contributed by atoms with Crippen LogP contribution in [0.3, 0.4) is 0 Å². The van der Waals surface area contributed by atoms with Crippen LogP contribution >= 0.6 is 15.9 Å². The van der Waals surface area contributed by atoms with E-state index in [4.69, 9.17) is 4.74 Å². The molecule has 4 nitrogen and oxygen atoms in total. The molecule has 0 amide bonds. The van der Waals surface area contributed by atoms with E-state index in [2.05, 4.69) is 20.7 Å². The third-order valence-electron chi connectivity index (χ3n) is 1.62. The first-order valence-corrected chi connectivity index (χ1v) is 7.40. The van der Waals surface area contributed by atoms with Gasteiger partial charge in [0.05, 0.1) is 12.4 Å². The number of nitrogens with one attached hydrogen (secondary N) is 1. The van der Waals surface area contributed by atoms with Gasteiger partial charge in [0.15, 0.2) is 0 Å². The van der Waals surface area contributed by atoms with Gasteiger partial charge in [-0.3, -0.25) is 0 Å². The lowest BCUT2D eigenvalue weighted by atomic mass is 10.2. The molecule has 0 aliphatic heterocycles.